The normalized spacial score (nSPS) is 10.5. The van der Waals surface area contributed by atoms with Gasteiger partial charge in [-0.3, -0.25) is 0 Å². The molecule has 0 amide bonds. The molecule has 100 valence electrons. The Morgan fingerprint density at radius 3 is 2.42 bits per heavy atom. The van der Waals surface area contributed by atoms with Gasteiger partial charge < -0.3 is 11.1 Å². The van der Waals surface area contributed by atoms with Gasteiger partial charge in [-0.2, -0.15) is 0 Å². The lowest BCUT2D eigenvalue weighted by atomic mass is 10.1. The molecular formula is C15H16Cl2N2. The van der Waals surface area contributed by atoms with Crippen molar-refractivity contribution in [2.75, 3.05) is 11.1 Å². The van der Waals surface area contributed by atoms with E-state index in [1.807, 2.05) is 32.0 Å². The van der Waals surface area contributed by atoms with Gasteiger partial charge in [0.05, 0.1) is 21.4 Å². The summed E-state index contributed by atoms with van der Waals surface area (Å²) in [7, 11) is 0. The molecule has 0 heterocycles. The van der Waals surface area contributed by atoms with E-state index in [2.05, 4.69) is 11.4 Å². The van der Waals surface area contributed by atoms with Crippen LogP contribution in [0.1, 0.15) is 16.7 Å². The van der Waals surface area contributed by atoms with E-state index in [-0.39, 0.29) is 0 Å². The van der Waals surface area contributed by atoms with E-state index >= 15 is 0 Å². The lowest BCUT2D eigenvalue weighted by Gasteiger charge is -2.14. The van der Waals surface area contributed by atoms with Gasteiger partial charge >= 0.3 is 0 Å². The number of nitrogen functional groups attached to an aromatic ring is 1. The molecule has 0 unspecified atom stereocenters. The summed E-state index contributed by atoms with van der Waals surface area (Å²) in [6.07, 6.45) is 0. The molecule has 0 radical (unpaired) electrons. The van der Waals surface area contributed by atoms with Crippen LogP contribution in [0.4, 0.5) is 11.4 Å². The quantitative estimate of drug-likeness (QED) is 0.798. The van der Waals surface area contributed by atoms with Gasteiger partial charge in [0.25, 0.3) is 0 Å². The first-order valence-corrected chi connectivity index (χ1v) is 6.77. The van der Waals surface area contributed by atoms with Gasteiger partial charge in [0.15, 0.2) is 0 Å². The summed E-state index contributed by atoms with van der Waals surface area (Å²) in [6.45, 7) is 4.73. The van der Waals surface area contributed by atoms with Crippen molar-refractivity contribution in [2.24, 2.45) is 0 Å². The molecule has 0 aromatic heterocycles. The minimum absolute atomic E-state index is 0.564. The highest BCUT2D eigenvalue weighted by Crippen LogP contribution is 2.27. The van der Waals surface area contributed by atoms with Crippen LogP contribution in [0.2, 0.25) is 10.0 Å². The van der Waals surface area contributed by atoms with Crippen molar-refractivity contribution in [3.8, 4) is 0 Å². The van der Waals surface area contributed by atoms with Crippen LogP contribution >= 0.6 is 23.2 Å². The summed E-state index contributed by atoms with van der Waals surface area (Å²) in [4.78, 5) is 0. The fraction of sp³-hybridized carbons (Fsp3) is 0.200. The van der Waals surface area contributed by atoms with Crippen LogP contribution in [0, 0.1) is 13.8 Å². The molecule has 2 aromatic rings. The Morgan fingerprint density at radius 2 is 1.79 bits per heavy atom. The monoisotopic (exact) mass is 294 g/mol. The summed E-state index contributed by atoms with van der Waals surface area (Å²) >= 11 is 11.9. The molecule has 0 fully saturated rings. The second kappa shape index (κ2) is 5.72. The number of halogens is 2. The number of hydrogen-bond donors (Lipinski definition) is 2. The Kier molecular flexibility index (Phi) is 4.23. The zero-order valence-electron chi connectivity index (χ0n) is 10.9. The molecule has 0 aliphatic carbocycles. The van der Waals surface area contributed by atoms with Crippen LogP contribution in [0.25, 0.3) is 0 Å². The Balaban J connectivity index is 2.16. The number of anilines is 2. The van der Waals surface area contributed by atoms with E-state index in [4.69, 9.17) is 28.9 Å². The second-order valence-electron chi connectivity index (χ2n) is 4.65. The Morgan fingerprint density at radius 1 is 1.05 bits per heavy atom. The molecule has 2 aromatic carbocycles. The molecule has 0 bridgehead atoms. The molecule has 0 atom stereocenters. The second-order valence-corrected chi connectivity index (χ2v) is 5.46. The lowest BCUT2D eigenvalue weighted by molar-refractivity contribution is 1.14. The largest absolute Gasteiger partial charge is 0.397 e. The third kappa shape index (κ3) is 3.34. The van der Waals surface area contributed by atoms with Crippen molar-refractivity contribution in [3.63, 3.8) is 0 Å². The first-order valence-electron chi connectivity index (χ1n) is 6.02. The molecular weight excluding hydrogens is 279 g/mol. The fourth-order valence-corrected chi connectivity index (χ4v) is 2.40. The van der Waals surface area contributed by atoms with Crippen LogP contribution < -0.4 is 11.1 Å². The number of benzene rings is 2. The maximum Gasteiger partial charge on any atom is 0.0606 e. The maximum absolute atomic E-state index is 6.03. The summed E-state index contributed by atoms with van der Waals surface area (Å²) in [6, 6.07) is 9.67. The van der Waals surface area contributed by atoms with Gasteiger partial charge in [0.2, 0.25) is 0 Å². The molecule has 3 N–H and O–H groups in total. The van der Waals surface area contributed by atoms with Crippen molar-refractivity contribution in [3.05, 3.63) is 57.1 Å². The van der Waals surface area contributed by atoms with Crippen molar-refractivity contribution in [1.82, 2.24) is 0 Å². The smallest absolute Gasteiger partial charge is 0.0606 e. The molecule has 0 aliphatic heterocycles. The zero-order valence-corrected chi connectivity index (χ0v) is 12.4. The van der Waals surface area contributed by atoms with E-state index in [1.165, 1.54) is 0 Å². The Labute approximate surface area is 123 Å². The van der Waals surface area contributed by atoms with Crippen LogP contribution in [-0.2, 0) is 6.54 Å². The average Bonchev–Trinajstić information content (AvgIpc) is 2.32. The zero-order chi connectivity index (χ0) is 14.0. The predicted octanol–water partition coefficient (Wildman–Crippen LogP) is 4.80. The van der Waals surface area contributed by atoms with Gasteiger partial charge in [0.1, 0.15) is 0 Å². The maximum atomic E-state index is 6.03. The number of hydrogen-bond acceptors (Lipinski definition) is 2. The van der Waals surface area contributed by atoms with Crippen molar-refractivity contribution >= 4 is 34.6 Å². The summed E-state index contributed by atoms with van der Waals surface area (Å²) in [5, 5.41) is 4.48. The average molecular weight is 295 g/mol. The van der Waals surface area contributed by atoms with E-state index in [0.29, 0.717) is 16.6 Å². The minimum atomic E-state index is 0.564. The van der Waals surface area contributed by atoms with Gasteiger partial charge in [0, 0.05) is 6.54 Å². The first kappa shape index (κ1) is 14.0. The molecule has 2 nitrogen and oxygen atoms in total. The SMILES string of the molecule is Cc1cc(C)c(NCc2ccc(Cl)c(Cl)c2)c(N)c1. The van der Waals surface area contributed by atoms with Crippen molar-refractivity contribution < 1.29 is 0 Å². The molecule has 0 spiro atoms. The van der Waals surface area contributed by atoms with Gasteiger partial charge in [-0.1, -0.05) is 35.3 Å². The minimum Gasteiger partial charge on any atom is -0.397 e. The summed E-state index contributed by atoms with van der Waals surface area (Å²) in [5.74, 6) is 0. The Hall–Kier alpha value is -1.38. The highest BCUT2D eigenvalue weighted by Gasteiger charge is 2.05. The van der Waals surface area contributed by atoms with Crippen molar-refractivity contribution in [2.45, 2.75) is 20.4 Å². The molecule has 19 heavy (non-hydrogen) atoms. The standard InChI is InChI=1S/C15H16Cl2N2/c1-9-5-10(2)15(14(18)6-9)19-8-11-3-4-12(16)13(17)7-11/h3-7,19H,8,18H2,1-2H3. The van der Waals surface area contributed by atoms with E-state index in [0.717, 1.165) is 28.1 Å². The summed E-state index contributed by atoms with van der Waals surface area (Å²) in [5.41, 5.74) is 11.1. The number of nitrogens with one attached hydrogen (secondary N) is 1. The predicted molar refractivity (Wildman–Crippen MR) is 84.1 cm³/mol. The molecule has 4 heteroatoms. The molecule has 0 saturated carbocycles. The number of aryl methyl sites for hydroxylation is 2. The topological polar surface area (TPSA) is 38.0 Å². The first-order chi connectivity index (χ1) is 8.97. The van der Waals surface area contributed by atoms with E-state index < -0.39 is 0 Å². The Bertz CT molecular complexity index is 586. The number of rotatable bonds is 3. The molecule has 0 aliphatic rings. The fourth-order valence-electron chi connectivity index (χ4n) is 2.08. The van der Waals surface area contributed by atoms with Crippen LogP contribution in [0.15, 0.2) is 30.3 Å². The van der Waals surface area contributed by atoms with Gasteiger partial charge in [-0.15, -0.1) is 0 Å². The van der Waals surface area contributed by atoms with Gasteiger partial charge in [-0.05, 0) is 48.7 Å². The van der Waals surface area contributed by atoms with Crippen LogP contribution in [0.5, 0.6) is 0 Å². The lowest BCUT2D eigenvalue weighted by Crippen LogP contribution is -2.04. The highest BCUT2D eigenvalue weighted by atomic mass is 35.5. The third-order valence-electron chi connectivity index (χ3n) is 2.96. The van der Waals surface area contributed by atoms with Crippen LogP contribution in [0.3, 0.4) is 0 Å². The van der Waals surface area contributed by atoms with Gasteiger partial charge in [-0.25, -0.2) is 0 Å². The van der Waals surface area contributed by atoms with E-state index in [1.54, 1.807) is 6.07 Å². The third-order valence-corrected chi connectivity index (χ3v) is 3.70. The molecule has 0 saturated heterocycles. The highest BCUT2D eigenvalue weighted by molar-refractivity contribution is 6.42. The van der Waals surface area contributed by atoms with Crippen molar-refractivity contribution in [1.29, 1.82) is 0 Å². The molecule has 2 rings (SSSR count). The number of nitrogens with two attached hydrogens (primary N) is 1. The van der Waals surface area contributed by atoms with E-state index in [9.17, 15) is 0 Å². The summed E-state index contributed by atoms with van der Waals surface area (Å²) < 4.78 is 0. The van der Waals surface area contributed by atoms with Crippen LogP contribution in [-0.4, -0.2) is 0 Å².